The number of amides is 2. The Balaban J connectivity index is 2.38. The monoisotopic (exact) mass is 297 g/mol. The lowest BCUT2D eigenvalue weighted by Crippen LogP contribution is -2.45. The molecule has 0 bridgehead atoms. The van der Waals surface area contributed by atoms with Gasteiger partial charge in [0.2, 0.25) is 11.8 Å². The maximum Gasteiger partial charge on any atom is 0.239 e. The van der Waals surface area contributed by atoms with E-state index in [1.165, 1.54) is 25.7 Å². The molecule has 0 aliphatic heterocycles. The van der Waals surface area contributed by atoms with Gasteiger partial charge in [-0.05, 0) is 39.9 Å². The molecule has 1 rings (SSSR count). The highest BCUT2D eigenvalue weighted by atomic mass is 16.2. The summed E-state index contributed by atoms with van der Waals surface area (Å²) in [5.74, 6) is -0.0152. The van der Waals surface area contributed by atoms with Gasteiger partial charge in [0.15, 0.2) is 0 Å². The minimum absolute atomic E-state index is 0.0188. The lowest BCUT2D eigenvalue weighted by Gasteiger charge is -2.29. The number of hydrogen-bond acceptors (Lipinski definition) is 3. The van der Waals surface area contributed by atoms with Crippen LogP contribution in [-0.2, 0) is 9.59 Å². The van der Waals surface area contributed by atoms with Crippen molar-refractivity contribution in [1.82, 2.24) is 15.1 Å². The number of carbonyl (C=O) groups excluding carboxylic acids is 2. The molecule has 1 aliphatic carbocycles. The largest absolute Gasteiger partial charge is 0.355 e. The molecule has 0 aromatic heterocycles. The molecule has 1 saturated carbocycles. The van der Waals surface area contributed by atoms with Crippen molar-refractivity contribution in [3.63, 3.8) is 0 Å². The van der Waals surface area contributed by atoms with Crippen LogP contribution in [0.2, 0.25) is 0 Å². The fraction of sp³-hybridized carbons (Fsp3) is 0.875. The molecule has 122 valence electrons. The molecular weight excluding hydrogens is 266 g/mol. The summed E-state index contributed by atoms with van der Waals surface area (Å²) in [5, 5.41) is 2.92. The van der Waals surface area contributed by atoms with Gasteiger partial charge in [-0.15, -0.1) is 0 Å². The Labute approximate surface area is 129 Å². The molecule has 0 heterocycles. The highest BCUT2D eigenvalue weighted by Crippen LogP contribution is 2.21. The van der Waals surface area contributed by atoms with Crippen LogP contribution in [0.5, 0.6) is 0 Å². The first-order chi connectivity index (χ1) is 10.0. The second kappa shape index (κ2) is 9.77. The summed E-state index contributed by atoms with van der Waals surface area (Å²) in [6, 6.07) is 0.248. The Hall–Kier alpha value is -1.10. The normalized spacial score (nSPS) is 16.6. The van der Waals surface area contributed by atoms with Gasteiger partial charge >= 0.3 is 0 Å². The SMILES string of the molecule is CC(=O)N(CC(=O)NCCCN(C)C)C1CCCCCC1. The van der Waals surface area contributed by atoms with Crippen molar-refractivity contribution in [2.24, 2.45) is 0 Å². The van der Waals surface area contributed by atoms with E-state index in [0.717, 1.165) is 25.8 Å². The van der Waals surface area contributed by atoms with E-state index in [0.29, 0.717) is 6.54 Å². The summed E-state index contributed by atoms with van der Waals surface area (Å²) in [5.41, 5.74) is 0. The van der Waals surface area contributed by atoms with Crippen LogP contribution in [0.1, 0.15) is 51.9 Å². The molecule has 0 atom stereocenters. The Morgan fingerprint density at radius 1 is 1.10 bits per heavy atom. The first-order valence-electron chi connectivity index (χ1n) is 8.19. The van der Waals surface area contributed by atoms with Gasteiger partial charge in [0, 0.05) is 19.5 Å². The number of carbonyl (C=O) groups is 2. The van der Waals surface area contributed by atoms with Crippen LogP contribution >= 0.6 is 0 Å². The molecule has 21 heavy (non-hydrogen) atoms. The van der Waals surface area contributed by atoms with E-state index in [2.05, 4.69) is 10.2 Å². The van der Waals surface area contributed by atoms with Crippen LogP contribution < -0.4 is 5.32 Å². The van der Waals surface area contributed by atoms with Crippen LogP contribution in [0, 0.1) is 0 Å². The average Bonchev–Trinajstić information content (AvgIpc) is 2.69. The Morgan fingerprint density at radius 2 is 1.71 bits per heavy atom. The lowest BCUT2D eigenvalue weighted by molar-refractivity contribution is -0.136. The summed E-state index contributed by atoms with van der Waals surface area (Å²) in [4.78, 5) is 27.7. The van der Waals surface area contributed by atoms with Crippen molar-refractivity contribution < 1.29 is 9.59 Å². The lowest BCUT2D eigenvalue weighted by atomic mass is 10.1. The van der Waals surface area contributed by atoms with Gasteiger partial charge < -0.3 is 15.1 Å². The molecule has 0 radical (unpaired) electrons. The van der Waals surface area contributed by atoms with Crippen LogP contribution in [0.25, 0.3) is 0 Å². The molecule has 1 fully saturated rings. The molecule has 0 unspecified atom stereocenters. The summed E-state index contributed by atoms with van der Waals surface area (Å²) >= 11 is 0. The summed E-state index contributed by atoms with van der Waals surface area (Å²) in [6.45, 7) is 3.42. The summed E-state index contributed by atoms with van der Waals surface area (Å²) in [7, 11) is 4.04. The van der Waals surface area contributed by atoms with Gasteiger partial charge in [-0.1, -0.05) is 25.7 Å². The van der Waals surface area contributed by atoms with E-state index in [4.69, 9.17) is 0 Å². The zero-order valence-electron chi connectivity index (χ0n) is 13.9. The first kappa shape index (κ1) is 18.0. The average molecular weight is 297 g/mol. The van der Waals surface area contributed by atoms with E-state index >= 15 is 0 Å². The highest BCUT2D eigenvalue weighted by molar-refractivity contribution is 5.83. The number of rotatable bonds is 7. The smallest absolute Gasteiger partial charge is 0.239 e. The quantitative estimate of drug-likeness (QED) is 0.574. The third-order valence-electron chi connectivity index (χ3n) is 4.09. The molecule has 0 aromatic rings. The van der Waals surface area contributed by atoms with Crippen molar-refractivity contribution in [2.45, 2.75) is 57.9 Å². The fourth-order valence-corrected chi connectivity index (χ4v) is 2.90. The molecule has 0 spiro atoms. The van der Waals surface area contributed by atoms with Crippen molar-refractivity contribution >= 4 is 11.8 Å². The second-order valence-electron chi connectivity index (χ2n) is 6.30. The van der Waals surface area contributed by atoms with Crippen molar-refractivity contribution in [1.29, 1.82) is 0 Å². The predicted octanol–water partition coefficient (Wildman–Crippen LogP) is 1.63. The van der Waals surface area contributed by atoms with E-state index < -0.39 is 0 Å². The van der Waals surface area contributed by atoms with Crippen LogP contribution in [0.4, 0.5) is 0 Å². The zero-order chi connectivity index (χ0) is 15.7. The standard InChI is InChI=1S/C16H31N3O2/c1-14(20)19(15-9-6-4-5-7-10-15)13-16(21)17-11-8-12-18(2)3/h15H,4-13H2,1-3H3,(H,17,21). The molecule has 5 nitrogen and oxygen atoms in total. The van der Waals surface area contributed by atoms with Gasteiger partial charge in [-0.3, -0.25) is 9.59 Å². The van der Waals surface area contributed by atoms with E-state index in [1.807, 2.05) is 14.1 Å². The molecule has 2 amide bonds. The van der Waals surface area contributed by atoms with Crippen molar-refractivity contribution in [2.75, 3.05) is 33.7 Å². The molecular formula is C16H31N3O2. The molecule has 0 saturated heterocycles. The minimum Gasteiger partial charge on any atom is -0.355 e. The van der Waals surface area contributed by atoms with E-state index in [1.54, 1.807) is 11.8 Å². The molecule has 1 aliphatic rings. The first-order valence-corrected chi connectivity index (χ1v) is 8.19. The van der Waals surface area contributed by atoms with E-state index in [-0.39, 0.29) is 24.4 Å². The van der Waals surface area contributed by atoms with Crippen LogP contribution in [0.15, 0.2) is 0 Å². The van der Waals surface area contributed by atoms with Crippen LogP contribution in [-0.4, -0.2) is 61.4 Å². The number of nitrogens with zero attached hydrogens (tertiary/aromatic N) is 2. The van der Waals surface area contributed by atoms with Gasteiger partial charge in [0.25, 0.3) is 0 Å². The predicted molar refractivity (Wildman–Crippen MR) is 85.1 cm³/mol. The molecule has 0 aromatic carbocycles. The minimum atomic E-state index is -0.0341. The zero-order valence-corrected chi connectivity index (χ0v) is 13.9. The number of nitrogens with one attached hydrogen (secondary N) is 1. The Morgan fingerprint density at radius 3 is 2.24 bits per heavy atom. The molecule has 5 heteroatoms. The maximum atomic E-state index is 12.0. The summed E-state index contributed by atoms with van der Waals surface area (Å²) < 4.78 is 0. The van der Waals surface area contributed by atoms with Crippen molar-refractivity contribution in [3.8, 4) is 0 Å². The molecule has 1 N–H and O–H groups in total. The van der Waals surface area contributed by atoms with Crippen LogP contribution in [0.3, 0.4) is 0 Å². The fourth-order valence-electron chi connectivity index (χ4n) is 2.90. The Kier molecular flexibility index (Phi) is 8.35. The third-order valence-corrected chi connectivity index (χ3v) is 4.09. The van der Waals surface area contributed by atoms with Crippen molar-refractivity contribution in [3.05, 3.63) is 0 Å². The van der Waals surface area contributed by atoms with Gasteiger partial charge in [-0.25, -0.2) is 0 Å². The number of hydrogen-bond donors (Lipinski definition) is 1. The van der Waals surface area contributed by atoms with E-state index in [9.17, 15) is 9.59 Å². The third kappa shape index (κ3) is 7.46. The highest BCUT2D eigenvalue weighted by Gasteiger charge is 2.24. The second-order valence-corrected chi connectivity index (χ2v) is 6.30. The topological polar surface area (TPSA) is 52.7 Å². The summed E-state index contributed by atoms with van der Waals surface area (Å²) in [6.07, 6.45) is 7.83. The van der Waals surface area contributed by atoms with Gasteiger partial charge in [-0.2, -0.15) is 0 Å². The maximum absolute atomic E-state index is 12.0. The van der Waals surface area contributed by atoms with Gasteiger partial charge in [0.05, 0.1) is 6.54 Å². The Bertz CT molecular complexity index is 323. The van der Waals surface area contributed by atoms with Gasteiger partial charge in [0.1, 0.15) is 0 Å².